The molecule has 5 heteroatoms. The molecular formula is C29H34N2O2S. The number of thioether (sulfide) groups is 1. The van der Waals surface area contributed by atoms with Gasteiger partial charge in [-0.25, -0.2) is 4.79 Å². The van der Waals surface area contributed by atoms with E-state index in [-0.39, 0.29) is 17.4 Å². The van der Waals surface area contributed by atoms with Crippen molar-refractivity contribution in [3.8, 4) is 0 Å². The number of benzene rings is 3. The maximum atomic E-state index is 13.0. The molecule has 4 rings (SSSR count). The molecule has 3 aromatic carbocycles. The summed E-state index contributed by atoms with van der Waals surface area (Å²) in [5.41, 5.74) is 9.25. The van der Waals surface area contributed by atoms with E-state index in [0.29, 0.717) is 13.1 Å². The molecule has 1 fully saturated rings. The molecule has 178 valence electrons. The van der Waals surface area contributed by atoms with Gasteiger partial charge in [0.15, 0.2) is 0 Å². The van der Waals surface area contributed by atoms with Crippen molar-refractivity contribution >= 4 is 17.9 Å². The van der Waals surface area contributed by atoms with Crippen molar-refractivity contribution in [1.29, 1.82) is 0 Å². The SMILES string of the molecule is CC(C)(C)OC(=O)N1C[C@H](SC(c2ccccc2)(c2ccccc2)c2ccccc2)C[C@H]1CN. The highest BCUT2D eigenvalue weighted by Crippen LogP contribution is 2.52. The van der Waals surface area contributed by atoms with Gasteiger partial charge < -0.3 is 15.4 Å². The standard InChI is InChI=1S/C29H34N2O2S/c1-28(2,3)33-27(32)31-21-26(19-25(31)20-30)34-29(22-13-7-4-8-14-22,23-15-9-5-10-16-23)24-17-11-6-12-18-24/h4-18,25-26H,19-21,30H2,1-3H3/t25-,26+/m0/s1. The van der Waals surface area contributed by atoms with Crippen LogP contribution in [0.25, 0.3) is 0 Å². The van der Waals surface area contributed by atoms with Crippen LogP contribution >= 0.6 is 11.8 Å². The number of carbonyl (C=O) groups is 1. The predicted octanol–water partition coefficient (Wildman–Crippen LogP) is 6.05. The highest BCUT2D eigenvalue weighted by molar-refractivity contribution is 8.01. The molecule has 0 aromatic heterocycles. The molecule has 0 radical (unpaired) electrons. The Morgan fingerprint density at radius 3 is 1.71 bits per heavy atom. The second kappa shape index (κ2) is 10.2. The van der Waals surface area contributed by atoms with Crippen molar-refractivity contribution < 1.29 is 9.53 Å². The molecular weight excluding hydrogens is 440 g/mol. The molecule has 1 aliphatic heterocycles. The molecule has 1 amide bonds. The Balaban J connectivity index is 1.76. The van der Waals surface area contributed by atoms with Gasteiger partial charge in [0, 0.05) is 24.4 Å². The molecule has 1 heterocycles. The predicted molar refractivity (Wildman–Crippen MR) is 141 cm³/mol. The van der Waals surface area contributed by atoms with Gasteiger partial charge in [0.25, 0.3) is 0 Å². The van der Waals surface area contributed by atoms with E-state index in [1.807, 2.05) is 37.4 Å². The number of hydrogen-bond acceptors (Lipinski definition) is 4. The molecule has 0 saturated carbocycles. The van der Waals surface area contributed by atoms with Gasteiger partial charge in [-0.1, -0.05) is 91.0 Å². The Kier molecular flexibility index (Phi) is 7.34. The fourth-order valence-corrected chi connectivity index (χ4v) is 6.57. The van der Waals surface area contributed by atoms with Crippen LogP contribution in [0.15, 0.2) is 91.0 Å². The van der Waals surface area contributed by atoms with Crippen LogP contribution < -0.4 is 5.73 Å². The second-order valence-electron chi connectivity index (χ2n) is 9.78. The Hall–Kier alpha value is -2.76. The number of nitrogens with zero attached hydrogens (tertiary/aromatic N) is 1. The summed E-state index contributed by atoms with van der Waals surface area (Å²) in [5, 5.41) is 0.196. The van der Waals surface area contributed by atoms with Crippen LogP contribution in [0.2, 0.25) is 0 Å². The fourth-order valence-electron chi connectivity index (χ4n) is 4.70. The lowest BCUT2D eigenvalue weighted by molar-refractivity contribution is 0.0232. The van der Waals surface area contributed by atoms with Gasteiger partial charge in [-0.2, -0.15) is 0 Å². The van der Waals surface area contributed by atoms with Crippen LogP contribution in [-0.2, 0) is 9.48 Å². The van der Waals surface area contributed by atoms with Gasteiger partial charge in [-0.15, -0.1) is 11.8 Å². The fraction of sp³-hybridized carbons (Fsp3) is 0.345. The maximum Gasteiger partial charge on any atom is 0.410 e. The molecule has 0 unspecified atom stereocenters. The number of amides is 1. The average molecular weight is 475 g/mol. The normalized spacial score (nSPS) is 18.6. The minimum Gasteiger partial charge on any atom is -0.444 e. The first-order valence-corrected chi connectivity index (χ1v) is 12.8. The summed E-state index contributed by atoms with van der Waals surface area (Å²) < 4.78 is 5.29. The lowest BCUT2D eigenvalue weighted by Crippen LogP contribution is -2.43. The molecule has 0 aliphatic carbocycles. The molecule has 0 spiro atoms. The van der Waals surface area contributed by atoms with E-state index in [2.05, 4.69) is 91.0 Å². The summed E-state index contributed by atoms with van der Waals surface area (Å²) in [6, 6.07) is 31.9. The number of rotatable bonds is 6. The molecule has 0 bridgehead atoms. The number of hydrogen-bond donors (Lipinski definition) is 1. The highest BCUT2D eigenvalue weighted by atomic mass is 32.2. The maximum absolute atomic E-state index is 13.0. The zero-order valence-electron chi connectivity index (χ0n) is 20.2. The van der Waals surface area contributed by atoms with E-state index in [1.54, 1.807) is 0 Å². The first-order valence-electron chi connectivity index (χ1n) is 11.9. The van der Waals surface area contributed by atoms with Crippen molar-refractivity contribution in [2.45, 2.75) is 48.8 Å². The second-order valence-corrected chi connectivity index (χ2v) is 11.3. The van der Waals surface area contributed by atoms with Crippen molar-refractivity contribution in [3.63, 3.8) is 0 Å². The summed E-state index contributed by atoms with van der Waals surface area (Å²) in [6.07, 6.45) is 0.546. The van der Waals surface area contributed by atoms with E-state index < -0.39 is 10.3 Å². The number of nitrogens with two attached hydrogens (primary N) is 1. The van der Waals surface area contributed by atoms with Gasteiger partial charge in [-0.3, -0.25) is 0 Å². The van der Waals surface area contributed by atoms with Crippen molar-refractivity contribution in [1.82, 2.24) is 4.90 Å². The quantitative estimate of drug-likeness (QED) is 0.442. The minimum absolute atomic E-state index is 0.0348. The van der Waals surface area contributed by atoms with Crippen LogP contribution in [0, 0.1) is 0 Å². The van der Waals surface area contributed by atoms with Gasteiger partial charge in [0.05, 0.1) is 4.75 Å². The largest absolute Gasteiger partial charge is 0.444 e. The summed E-state index contributed by atoms with van der Waals surface area (Å²) >= 11 is 1.91. The van der Waals surface area contributed by atoms with Crippen molar-refractivity contribution in [3.05, 3.63) is 108 Å². The van der Waals surface area contributed by atoms with Gasteiger partial charge in [0.1, 0.15) is 5.60 Å². The minimum atomic E-state index is -0.538. The first kappa shape index (κ1) is 24.4. The Bertz CT molecular complexity index is 971. The third-order valence-corrected chi connectivity index (χ3v) is 7.90. The Labute approximate surface area is 207 Å². The van der Waals surface area contributed by atoms with Crippen LogP contribution in [0.1, 0.15) is 43.9 Å². The molecule has 34 heavy (non-hydrogen) atoms. The highest BCUT2D eigenvalue weighted by Gasteiger charge is 2.44. The van der Waals surface area contributed by atoms with E-state index in [9.17, 15) is 4.79 Å². The third kappa shape index (κ3) is 5.16. The number of likely N-dealkylation sites (tertiary alicyclic amines) is 1. The smallest absolute Gasteiger partial charge is 0.410 e. The van der Waals surface area contributed by atoms with Crippen LogP contribution in [0.4, 0.5) is 4.79 Å². The van der Waals surface area contributed by atoms with E-state index in [0.717, 1.165) is 6.42 Å². The molecule has 1 saturated heterocycles. The Morgan fingerprint density at radius 2 is 1.32 bits per heavy atom. The summed E-state index contributed by atoms with van der Waals surface area (Å²) in [4.78, 5) is 14.8. The van der Waals surface area contributed by atoms with Crippen LogP contribution in [0.3, 0.4) is 0 Å². The number of carbonyl (C=O) groups excluding carboxylic acids is 1. The first-order chi connectivity index (χ1) is 16.3. The van der Waals surface area contributed by atoms with E-state index in [1.165, 1.54) is 16.7 Å². The van der Waals surface area contributed by atoms with Crippen LogP contribution in [0.5, 0.6) is 0 Å². The van der Waals surface area contributed by atoms with Crippen molar-refractivity contribution in [2.24, 2.45) is 5.73 Å². The molecule has 4 nitrogen and oxygen atoms in total. The Morgan fingerprint density at radius 1 is 0.882 bits per heavy atom. The van der Waals surface area contributed by atoms with E-state index >= 15 is 0 Å². The molecule has 1 aliphatic rings. The van der Waals surface area contributed by atoms with Crippen molar-refractivity contribution in [2.75, 3.05) is 13.1 Å². The zero-order chi connectivity index (χ0) is 24.2. The summed E-state index contributed by atoms with van der Waals surface area (Å²) in [7, 11) is 0. The van der Waals surface area contributed by atoms with E-state index in [4.69, 9.17) is 10.5 Å². The average Bonchev–Trinajstić information content (AvgIpc) is 3.26. The lowest BCUT2D eigenvalue weighted by Gasteiger charge is -2.37. The van der Waals surface area contributed by atoms with Gasteiger partial charge in [-0.05, 0) is 43.9 Å². The van der Waals surface area contributed by atoms with Gasteiger partial charge in [0.2, 0.25) is 0 Å². The summed E-state index contributed by atoms with van der Waals surface area (Å²) in [5.74, 6) is 0. The van der Waals surface area contributed by atoms with Crippen LogP contribution in [-0.4, -0.2) is 41.0 Å². The monoisotopic (exact) mass is 474 g/mol. The molecule has 2 N–H and O–H groups in total. The lowest BCUT2D eigenvalue weighted by atomic mass is 9.84. The van der Waals surface area contributed by atoms with Gasteiger partial charge >= 0.3 is 6.09 Å². The topological polar surface area (TPSA) is 55.6 Å². The zero-order valence-corrected chi connectivity index (χ0v) is 21.0. The number of ether oxygens (including phenoxy) is 1. The summed E-state index contributed by atoms with van der Waals surface area (Å²) in [6.45, 7) is 6.72. The molecule has 3 aromatic rings. The third-order valence-electron chi connectivity index (χ3n) is 6.16. The molecule has 2 atom stereocenters.